The van der Waals surface area contributed by atoms with Crippen LogP contribution in [0.25, 0.3) is 11.0 Å². The molecule has 2 aromatic carbocycles. The summed E-state index contributed by atoms with van der Waals surface area (Å²) in [7, 11) is 5.75. The van der Waals surface area contributed by atoms with E-state index in [4.69, 9.17) is 9.72 Å². The zero-order chi connectivity index (χ0) is 25.2. The molecule has 0 fully saturated rings. The summed E-state index contributed by atoms with van der Waals surface area (Å²) < 4.78 is 8.11. The maximum Gasteiger partial charge on any atom is 0.208 e. The summed E-state index contributed by atoms with van der Waals surface area (Å²) in [5.74, 6) is 2.19. The highest BCUT2D eigenvalue weighted by Crippen LogP contribution is 2.30. The highest BCUT2D eigenvalue weighted by Gasteiger charge is 2.15. The molecule has 0 aliphatic rings. The molecule has 0 saturated heterocycles. The Kier molecular flexibility index (Phi) is 6.89. The van der Waals surface area contributed by atoms with E-state index in [0.29, 0.717) is 23.7 Å². The number of carbonyl (C=O) groups excluding carboxylic acids is 1. The Hall–Kier alpha value is -3.71. The first-order valence-electron chi connectivity index (χ1n) is 11.7. The smallest absolute Gasteiger partial charge is 0.208 e. The molecule has 0 unspecified atom stereocenters. The van der Waals surface area contributed by atoms with E-state index in [1.165, 1.54) is 5.56 Å². The van der Waals surface area contributed by atoms with Crippen molar-refractivity contribution >= 4 is 28.5 Å². The number of likely N-dealkylation sites (N-methyl/N-ethyl adjacent to an activating group) is 1. The van der Waals surface area contributed by atoms with Gasteiger partial charge in [0.1, 0.15) is 11.5 Å². The second kappa shape index (κ2) is 9.88. The van der Waals surface area contributed by atoms with Crippen LogP contribution in [-0.2, 0) is 23.7 Å². The third-order valence-electron chi connectivity index (χ3n) is 5.73. The van der Waals surface area contributed by atoms with E-state index in [-0.39, 0.29) is 17.6 Å². The molecule has 0 aliphatic heterocycles. The number of imidazole rings is 1. The first kappa shape index (κ1) is 24.4. The fraction of sp³-hybridized carbons (Fsp3) is 0.321. The summed E-state index contributed by atoms with van der Waals surface area (Å²) in [5, 5.41) is 3.45. The number of anilines is 2. The van der Waals surface area contributed by atoms with Crippen LogP contribution in [0.15, 0.2) is 60.8 Å². The van der Waals surface area contributed by atoms with Crippen molar-refractivity contribution in [2.24, 2.45) is 7.05 Å². The molecule has 182 valence electrons. The predicted molar refractivity (Wildman–Crippen MR) is 141 cm³/mol. The second-order valence-corrected chi connectivity index (χ2v) is 10.1. The van der Waals surface area contributed by atoms with Gasteiger partial charge < -0.3 is 19.5 Å². The first-order valence-corrected chi connectivity index (χ1v) is 11.7. The Morgan fingerprint density at radius 3 is 2.57 bits per heavy atom. The number of hydrogen-bond donors (Lipinski definition) is 1. The Labute approximate surface area is 206 Å². The first-order chi connectivity index (χ1) is 16.6. The predicted octanol–water partition coefficient (Wildman–Crippen LogP) is 5.47. The number of Topliss-reactive ketones (excluding diaryl/α,β-unsaturated/α-hetero) is 1. The van der Waals surface area contributed by atoms with Crippen LogP contribution in [-0.4, -0.2) is 45.9 Å². The lowest BCUT2D eigenvalue weighted by molar-refractivity contribution is -0.119. The lowest BCUT2D eigenvalue weighted by Crippen LogP contribution is -2.23. The molecule has 1 N–H and O–H groups in total. The molecule has 0 spiro atoms. The van der Waals surface area contributed by atoms with Crippen molar-refractivity contribution in [1.29, 1.82) is 0 Å². The lowest BCUT2D eigenvalue weighted by atomic mass is 9.87. The Morgan fingerprint density at radius 2 is 1.83 bits per heavy atom. The lowest BCUT2D eigenvalue weighted by Gasteiger charge is -2.20. The molecule has 0 aliphatic carbocycles. The minimum Gasteiger partial charge on any atom is -0.457 e. The summed E-state index contributed by atoms with van der Waals surface area (Å²) in [6.45, 7) is 7.00. The van der Waals surface area contributed by atoms with Crippen LogP contribution in [0.4, 0.5) is 11.6 Å². The molecule has 0 bridgehead atoms. The van der Waals surface area contributed by atoms with Crippen LogP contribution in [0, 0.1) is 0 Å². The molecule has 35 heavy (non-hydrogen) atoms. The minimum atomic E-state index is 0.0722. The van der Waals surface area contributed by atoms with Gasteiger partial charge in [-0.15, -0.1) is 0 Å². The Bertz CT molecular complexity index is 1350. The molecule has 0 atom stereocenters. The van der Waals surface area contributed by atoms with Crippen molar-refractivity contribution < 1.29 is 9.53 Å². The number of ketones is 1. The summed E-state index contributed by atoms with van der Waals surface area (Å²) >= 11 is 0. The number of aryl methyl sites for hydroxylation is 1. The second-order valence-electron chi connectivity index (χ2n) is 10.1. The zero-order valence-electron chi connectivity index (χ0n) is 21.3. The van der Waals surface area contributed by atoms with Gasteiger partial charge in [-0.05, 0) is 55.4 Å². The number of rotatable bonds is 8. The van der Waals surface area contributed by atoms with E-state index in [2.05, 4.69) is 49.3 Å². The van der Waals surface area contributed by atoms with Crippen LogP contribution in [0.1, 0.15) is 32.0 Å². The maximum atomic E-state index is 12.1. The molecule has 0 saturated carbocycles. The van der Waals surface area contributed by atoms with Crippen molar-refractivity contribution in [3.05, 3.63) is 72.1 Å². The summed E-state index contributed by atoms with van der Waals surface area (Å²) in [5.41, 5.74) is 4.85. The number of ether oxygens (including phenoxy) is 1. The summed E-state index contributed by atoms with van der Waals surface area (Å²) in [4.78, 5) is 23.1. The van der Waals surface area contributed by atoms with E-state index >= 15 is 0 Å². The number of nitrogens with zero attached hydrogens (tertiary/aromatic N) is 4. The van der Waals surface area contributed by atoms with Gasteiger partial charge in [-0.3, -0.25) is 9.78 Å². The van der Waals surface area contributed by atoms with E-state index in [1.54, 1.807) is 12.3 Å². The molecule has 7 heteroatoms. The van der Waals surface area contributed by atoms with Crippen LogP contribution in [0.3, 0.4) is 0 Å². The third kappa shape index (κ3) is 6.05. The molecular formula is C28H33N5O2. The molecule has 4 rings (SSSR count). The zero-order valence-corrected chi connectivity index (χ0v) is 21.3. The standard InChI is InChI=1S/C28H33N5O2/c1-28(2,3)19-8-7-9-20(14-19)30-27-31-25-17-23(10-11-26(25)33(27)6)35-24-12-13-29-21(16-24)15-22(34)18-32(4)5/h7-14,16-17H,15,18H2,1-6H3,(H,30,31). The van der Waals surface area contributed by atoms with Gasteiger partial charge in [0.15, 0.2) is 5.78 Å². The average molecular weight is 472 g/mol. The number of nitrogens with one attached hydrogen (secondary N) is 1. The van der Waals surface area contributed by atoms with Gasteiger partial charge >= 0.3 is 0 Å². The van der Waals surface area contributed by atoms with Gasteiger partial charge in [0.25, 0.3) is 0 Å². The van der Waals surface area contributed by atoms with Crippen LogP contribution < -0.4 is 10.1 Å². The number of aromatic nitrogens is 3. The van der Waals surface area contributed by atoms with Crippen molar-refractivity contribution in [1.82, 2.24) is 19.4 Å². The molecule has 2 aromatic heterocycles. The fourth-order valence-corrected chi connectivity index (χ4v) is 3.91. The van der Waals surface area contributed by atoms with Gasteiger partial charge in [-0.1, -0.05) is 32.9 Å². The molecule has 0 radical (unpaired) electrons. The van der Waals surface area contributed by atoms with E-state index in [0.717, 1.165) is 22.7 Å². The van der Waals surface area contributed by atoms with E-state index in [1.807, 2.05) is 60.9 Å². The molecule has 7 nitrogen and oxygen atoms in total. The van der Waals surface area contributed by atoms with Gasteiger partial charge in [0.05, 0.1) is 29.7 Å². The molecular weight excluding hydrogens is 438 g/mol. The van der Waals surface area contributed by atoms with Crippen molar-refractivity contribution in [3.8, 4) is 11.5 Å². The fourth-order valence-electron chi connectivity index (χ4n) is 3.91. The Balaban J connectivity index is 1.52. The van der Waals surface area contributed by atoms with Gasteiger partial charge in [-0.25, -0.2) is 4.98 Å². The van der Waals surface area contributed by atoms with Crippen LogP contribution >= 0.6 is 0 Å². The van der Waals surface area contributed by atoms with E-state index in [9.17, 15) is 4.79 Å². The van der Waals surface area contributed by atoms with Crippen LogP contribution in [0.5, 0.6) is 11.5 Å². The largest absolute Gasteiger partial charge is 0.457 e. The normalized spacial score (nSPS) is 11.7. The number of benzene rings is 2. The maximum absolute atomic E-state index is 12.1. The van der Waals surface area contributed by atoms with Gasteiger partial charge in [-0.2, -0.15) is 0 Å². The molecule has 0 amide bonds. The highest BCUT2D eigenvalue weighted by molar-refractivity contribution is 5.82. The van der Waals surface area contributed by atoms with E-state index < -0.39 is 0 Å². The molecule has 2 heterocycles. The third-order valence-corrected chi connectivity index (χ3v) is 5.73. The SMILES string of the molecule is CN(C)CC(=O)Cc1cc(Oc2ccc3c(c2)nc(Nc2cccc(C(C)(C)C)c2)n3C)ccn1. The van der Waals surface area contributed by atoms with Gasteiger partial charge in [0.2, 0.25) is 5.95 Å². The number of pyridine rings is 1. The Morgan fingerprint density at radius 1 is 1.06 bits per heavy atom. The summed E-state index contributed by atoms with van der Waals surface area (Å²) in [6.07, 6.45) is 1.95. The van der Waals surface area contributed by atoms with Gasteiger partial charge in [0, 0.05) is 31.1 Å². The summed E-state index contributed by atoms with van der Waals surface area (Å²) in [6, 6.07) is 17.9. The monoisotopic (exact) mass is 471 g/mol. The van der Waals surface area contributed by atoms with Crippen molar-refractivity contribution in [2.75, 3.05) is 26.0 Å². The molecule has 4 aromatic rings. The minimum absolute atomic E-state index is 0.0722. The topological polar surface area (TPSA) is 72.3 Å². The van der Waals surface area contributed by atoms with Crippen molar-refractivity contribution in [3.63, 3.8) is 0 Å². The van der Waals surface area contributed by atoms with Crippen LogP contribution in [0.2, 0.25) is 0 Å². The van der Waals surface area contributed by atoms with Crippen molar-refractivity contribution in [2.45, 2.75) is 32.6 Å². The number of fused-ring (bicyclic) bond motifs is 1. The highest BCUT2D eigenvalue weighted by atomic mass is 16.5. The quantitative estimate of drug-likeness (QED) is 0.367. The number of carbonyl (C=O) groups is 1. The number of hydrogen-bond acceptors (Lipinski definition) is 6. The average Bonchev–Trinajstić information content (AvgIpc) is 3.07.